The fourth-order valence-electron chi connectivity index (χ4n) is 5.19. The molecule has 0 radical (unpaired) electrons. The van der Waals surface area contributed by atoms with E-state index in [1.807, 2.05) is 37.3 Å². The number of rotatable bonds is 5. The Bertz CT molecular complexity index is 1390. The van der Waals surface area contributed by atoms with E-state index < -0.39 is 10.0 Å². The first-order chi connectivity index (χ1) is 16.8. The number of nitrogens with one attached hydrogen (secondary N) is 1. The van der Waals surface area contributed by atoms with Gasteiger partial charge in [-0.05, 0) is 62.9 Å². The van der Waals surface area contributed by atoms with Crippen LogP contribution in [0.15, 0.2) is 41.3 Å². The smallest absolute Gasteiger partial charge is 0.260 e. The van der Waals surface area contributed by atoms with Crippen molar-refractivity contribution in [1.82, 2.24) is 19.9 Å². The summed E-state index contributed by atoms with van der Waals surface area (Å²) in [6.07, 6.45) is 5.57. The van der Waals surface area contributed by atoms with E-state index in [9.17, 15) is 13.2 Å². The fourth-order valence-corrected chi connectivity index (χ4v) is 6.33. The number of piperidine rings is 1. The number of hydrogen-bond acceptors (Lipinski definition) is 7. The molecule has 9 nitrogen and oxygen atoms in total. The van der Waals surface area contributed by atoms with Gasteiger partial charge in [0.05, 0.1) is 12.3 Å². The summed E-state index contributed by atoms with van der Waals surface area (Å²) in [6.45, 7) is 4.58. The first-order valence-electron chi connectivity index (χ1n) is 12.1. The molecule has 3 aromatic rings. The van der Waals surface area contributed by atoms with Gasteiger partial charge < -0.3 is 10.1 Å². The SMILES string of the molecule is Cc1ccccc1-c1cc2cnc(N(C3CCNCC3)S(C)(=O)=O)nc2n(C2CCOCC2)c1=O. The van der Waals surface area contributed by atoms with Gasteiger partial charge in [0, 0.05) is 36.4 Å². The minimum atomic E-state index is -3.62. The van der Waals surface area contributed by atoms with Crippen LogP contribution in [0.4, 0.5) is 5.95 Å². The van der Waals surface area contributed by atoms with Crippen molar-refractivity contribution in [3.63, 3.8) is 0 Å². The van der Waals surface area contributed by atoms with Gasteiger partial charge in [-0.15, -0.1) is 0 Å². The summed E-state index contributed by atoms with van der Waals surface area (Å²) in [5.74, 6) is 0.121. The Balaban J connectivity index is 1.73. The number of pyridine rings is 1. The average Bonchev–Trinajstić information content (AvgIpc) is 2.85. The zero-order valence-electron chi connectivity index (χ0n) is 20.1. The number of aryl methyl sites for hydroxylation is 1. The molecule has 2 aromatic heterocycles. The zero-order valence-corrected chi connectivity index (χ0v) is 20.9. The molecule has 0 unspecified atom stereocenters. The standard InChI is InChI=1S/C25H31N5O4S/c1-17-5-3-4-6-21(17)22-15-18-16-27-25(30(35(2,32)33)20-7-11-26-12-8-20)28-23(18)29(24(22)31)19-9-13-34-14-10-19/h3-6,15-16,19-20,26H,7-14H2,1-2H3. The van der Waals surface area contributed by atoms with Gasteiger partial charge in [0.25, 0.3) is 5.56 Å². The molecule has 0 amide bonds. The molecule has 0 atom stereocenters. The number of sulfonamides is 1. The van der Waals surface area contributed by atoms with Crippen LogP contribution in [0.1, 0.15) is 37.3 Å². The molecule has 0 spiro atoms. The molecule has 186 valence electrons. The maximum atomic E-state index is 13.9. The van der Waals surface area contributed by atoms with Crippen LogP contribution in [-0.2, 0) is 14.8 Å². The van der Waals surface area contributed by atoms with E-state index in [1.165, 1.54) is 10.6 Å². The third-order valence-electron chi connectivity index (χ3n) is 6.95. The summed E-state index contributed by atoms with van der Waals surface area (Å²) in [5.41, 5.74) is 2.81. The van der Waals surface area contributed by atoms with Gasteiger partial charge in [0.2, 0.25) is 16.0 Å². The van der Waals surface area contributed by atoms with Crippen LogP contribution in [-0.4, -0.2) is 61.6 Å². The maximum Gasteiger partial charge on any atom is 0.260 e. The Labute approximate surface area is 205 Å². The predicted molar refractivity (Wildman–Crippen MR) is 136 cm³/mol. The topological polar surface area (TPSA) is 106 Å². The number of anilines is 1. The molecule has 1 N–H and O–H groups in total. The lowest BCUT2D eigenvalue weighted by atomic mass is 10.00. The van der Waals surface area contributed by atoms with Gasteiger partial charge >= 0.3 is 0 Å². The first kappa shape index (κ1) is 23.9. The van der Waals surface area contributed by atoms with E-state index in [2.05, 4.69) is 10.3 Å². The molecule has 0 aliphatic carbocycles. The highest BCUT2D eigenvalue weighted by Gasteiger charge is 2.31. The molecule has 2 saturated heterocycles. The minimum absolute atomic E-state index is 0.0870. The zero-order chi connectivity index (χ0) is 24.6. The summed E-state index contributed by atoms with van der Waals surface area (Å²) < 4.78 is 34.3. The van der Waals surface area contributed by atoms with Crippen molar-refractivity contribution in [2.45, 2.75) is 44.7 Å². The van der Waals surface area contributed by atoms with Gasteiger partial charge in [0.1, 0.15) is 5.65 Å². The lowest BCUT2D eigenvalue weighted by Gasteiger charge is -2.33. The first-order valence-corrected chi connectivity index (χ1v) is 14.0. The van der Waals surface area contributed by atoms with Crippen molar-refractivity contribution in [3.8, 4) is 11.1 Å². The molecule has 0 saturated carbocycles. The number of hydrogen-bond donors (Lipinski definition) is 1. The van der Waals surface area contributed by atoms with Crippen molar-refractivity contribution >= 4 is 27.0 Å². The largest absolute Gasteiger partial charge is 0.381 e. The van der Waals surface area contributed by atoms with E-state index in [1.54, 1.807) is 10.8 Å². The fraction of sp³-hybridized carbons (Fsp3) is 0.480. The minimum Gasteiger partial charge on any atom is -0.381 e. The quantitative estimate of drug-likeness (QED) is 0.578. The normalized spacial score (nSPS) is 18.1. The number of aromatic nitrogens is 3. The number of nitrogens with zero attached hydrogens (tertiary/aromatic N) is 4. The molecular weight excluding hydrogens is 466 g/mol. The molecular formula is C25H31N5O4S. The second-order valence-electron chi connectivity index (χ2n) is 9.38. The lowest BCUT2D eigenvalue weighted by Crippen LogP contribution is -2.46. The molecule has 2 aliphatic rings. The van der Waals surface area contributed by atoms with E-state index >= 15 is 0 Å². The van der Waals surface area contributed by atoms with Crippen LogP contribution >= 0.6 is 0 Å². The van der Waals surface area contributed by atoms with E-state index in [-0.39, 0.29) is 23.6 Å². The van der Waals surface area contributed by atoms with Crippen LogP contribution in [0, 0.1) is 6.92 Å². The molecule has 2 fully saturated rings. The van der Waals surface area contributed by atoms with Crippen LogP contribution in [0.3, 0.4) is 0 Å². The Morgan fingerprint density at radius 3 is 2.49 bits per heavy atom. The van der Waals surface area contributed by atoms with Crippen molar-refractivity contribution in [3.05, 3.63) is 52.4 Å². The second-order valence-corrected chi connectivity index (χ2v) is 11.2. The molecule has 4 heterocycles. The number of ether oxygens (including phenoxy) is 1. The summed E-state index contributed by atoms with van der Waals surface area (Å²) in [4.78, 5) is 23.2. The summed E-state index contributed by atoms with van der Waals surface area (Å²) in [6, 6.07) is 9.33. The van der Waals surface area contributed by atoms with Gasteiger partial charge in [-0.1, -0.05) is 24.3 Å². The van der Waals surface area contributed by atoms with Crippen LogP contribution in [0.25, 0.3) is 22.2 Å². The third-order valence-corrected chi connectivity index (χ3v) is 8.12. The maximum absolute atomic E-state index is 13.9. The van der Waals surface area contributed by atoms with Gasteiger partial charge in [0.15, 0.2) is 0 Å². The van der Waals surface area contributed by atoms with E-state index in [4.69, 9.17) is 9.72 Å². The Kier molecular flexibility index (Phi) is 6.61. The Morgan fingerprint density at radius 1 is 1.09 bits per heavy atom. The highest BCUT2D eigenvalue weighted by atomic mass is 32.2. The van der Waals surface area contributed by atoms with Gasteiger partial charge in [-0.25, -0.2) is 17.7 Å². The lowest BCUT2D eigenvalue weighted by molar-refractivity contribution is 0.0697. The third kappa shape index (κ3) is 4.70. The molecule has 0 bridgehead atoms. The summed E-state index contributed by atoms with van der Waals surface area (Å²) in [5, 5.41) is 3.97. The van der Waals surface area contributed by atoms with Gasteiger partial charge in [-0.2, -0.15) is 4.98 Å². The average molecular weight is 498 g/mol. The number of fused-ring (bicyclic) bond motifs is 1. The van der Waals surface area contributed by atoms with E-state index in [0.29, 0.717) is 55.5 Å². The Hall–Kier alpha value is -2.82. The summed E-state index contributed by atoms with van der Waals surface area (Å²) in [7, 11) is -3.62. The number of benzene rings is 1. The Morgan fingerprint density at radius 2 is 1.80 bits per heavy atom. The summed E-state index contributed by atoms with van der Waals surface area (Å²) >= 11 is 0. The highest BCUT2D eigenvalue weighted by molar-refractivity contribution is 7.92. The van der Waals surface area contributed by atoms with E-state index in [0.717, 1.165) is 24.2 Å². The van der Waals surface area contributed by atoms with Crippen molar-refractivity contribution in [2.75, 3.05) is 36.9 Å². The van der Waals surface area contributed by atoms with Crippen molar-refractivity contribution in [2.24, 2.45) is 0 Å². The van der Waals surface area contributed by atoms with Crippen molar-refractivity contribution < 1.29 is 13.2 Å². The van der Waals surface area contributed by atoms with Gasteiger partial charge in [-0.3, -0.25) is 9.36 Å². The molecule has 35 heavy (non-hydrogen) atoms. The van der Waals surface area contributed by atoms with Crippen molar-refractivity contribution in [1.29, 1.82) is 0 Å². The molecule has 2 aliphatic heterocycles. The van der Waals surface area contributed by atoms with Crippen LogP contribution in [0.2, 0.25) is 0 Å². The predicted octanol–water partition coefficient (Wildman–Crippen LogP) is 2.64. The second kappa shape index (κ2) is 9.67. The van der Waals surface area contributed by atoms with Crippen LogP contribution in [0.5, 0.6) is 0 Å². The molecule has 5 rings (SSSR count). The monoisotopic (exact) mass is 497 g/mol. The van der Waals surface area contributed by atoms with Crippen LogP contribution < -0.4 is 15.2 Å². The molecule has 1 aromatic carbocycles. The highest BCUT2D eigenvalue weighted by Crippen LogP contribution is 2.30. The molecule has 10 heteroatoms.